The summed E-state index contributed by atoms with van der Waals surface area (Å²) < 4.78 is 5.94. The van der Waals surface area contributed by atoms with Crippen LogP contribution in [0.2, 0.25) is 0 Å². The molecular weight excluding hydrogens is 346 g/mol. The van der Waals surface area contributed by atoms with Crippen LogP contribution in [0.3, 0.4) is 0 Å². The van der Waals surface area contributed by atoms with Crippen LogP contribution in [0.4, 0.5) is 0 Å². The predicted molar refractivity (Wildman–Crippen MR) is 102 cm³/mol. The lowest BCUT2D eigenvalue weighted by molar-refractivity contribution is -0.116. The maximum absolute atomic E-state index is 12.1. The largest absolute Gasteiger partial charge is 0.437 e. The molecule has 0 atom stereocenters. The van der Waals surface area contributed by atoms with Crippen molar-refractivity contribution < 1.29 is 9.53 Å². The third-order valence-corrected chi connectivity index (χ3v) is 4.33. The van der Waals surface area contributed by atoms with Gasteiger partial charge in [0.05, 0.1) is 0 Å². The number of hydrogen-bond acceptors (Lipinski definition) is 6. The van der Waals surface area contributed by atoms with E-state index in [0.717, 1.165) is 16.7 Å². The van der Waals surface area contributed by atoms with Gasteiger partial charge < -0.3 is 10.1 Å². The molecule has 1 aliphatic rings. The highest BCUT2D eigenvalue weighted by Crippen LogP contribution is 2.30. The average molecular weight is 369 g/mol. The Morgan fingerprint density at radius 2 is 1.81 bits per heavy atom. The van der Waals surface area contributed by atoms with E-state index in [4.69, 9.17) is 4.74 Å². The van der Waals surface area contributed by atoms with Crippen LogP contribution in [0.25, 0.3) is 0 Å². The molecular formula is C19H23N5O3. The lowest BCUT2D eigenvalue weighted by atomic mass is 10.0. The summed E-state index contributed by atoms with van der Waals surface area (Å²) in [6, 6.07) is 5.37. The second-order valence-electron chi connectivity index (χ2n) is 6.96. The Hall–Kier alpha value is -3.16. The monoisotopic (exact) mass is 369 g/mol. The van der Waals surface area contributed by atoms with Gasteiger partial charge >= 0.3 is 0 Å². The fourth-order valence-corrected chi connectivity index (χ4v) is 2.95. The van der Waals surface area contributed by atoms with Gasteiger partial charge in [-0.15, -0.1) is 5.10 Å². The lowest BCUT2D eigenvalue weighted by Crippen LogP contribution is -2.43. The van der Waals surface area contributed by atoms with Crippen LogP contribution in [0.5, 0.6) is 11.6 Å². The van der Waals surface area contributed by atoms with Crippen molar-refractivity contribution in [2.75, 3.05) is 13.7 Å². The molecule has 1 aromatic heterocycles. The zero-order valence-electron chi connectivity index (χ0n) is 16.1. The van der Waals surface area contributed by atoms with Gasteiger partial charge in [-0.05, 0) is 43.0 Å². The van der Waals surface area contributed by atoms with Gasteiger partial charge in [-0.3, -0.25) is 14.6 Å². The van der Waals surface area contributed by atoms with Gasteiger partial charge in [0.25, 0.3) is 11.5 Å². The molecule has 2 aromatic rings. The molecule has 0 bridgehead atoms. The second kappa shape index (κ2) is 7.22. The van der Waals surface area contributed by atoms with Crippen molar-refractivity contribution in [3.05, 3.63) is 50.8 Å². The summed E-state index contributed by atoms with van der Waals surface area (Å²) >= 11 is 0. The van der Waals surface area contributed by atoms with E-state index in [0.29, 0.717) is 29.6 Å². The molecule has 0 spiro atoms. The SMILES string of the molecule is Cc1cc(C2=NN(C)CNC2=O)cc(C)c1Oc1cc(C(C)C)c(=O)[nH]n1. The molecule has 3 rings (SSSR count). The summed E-state index contributed by atoms with van der Waals surface area (Å²) in [6.45, 7) is 8.05. The first kappa shape index (κ1) is 18.6. The van der Waals surface area contributed by atoms with Crippen LogP contribution in [-0.2, 0) is 4.79 Å². The number of benzene rings is 1. The second-order valence-corrected chi connectivity index (χ2v) is 6.96. The molecule has 1 amide bonds. The minimum Gasteiger partial charge on any atom is -0.437 e. The van der Waals surface area contributed by atoms with Crippen molar-refractivity contribution in [1.29, 1.82) is 0 Å². The Balaban J connectivity index is 1.96. The summed E-state index contributed by atoms with van der Waals surface area (Å²) in [5.41, 5.74) is 3.17. The van der Waals surface area contributed by atoms with Gasteiger partial charge in [-0.25, -0.2) is 5.10 Å². The van der Waals surface area contributed by atoms with E-state index >= 15 is 0 Å². The standard InChI is InChI=1S/C19H23N5O3/c1-10(2)14-8-15(21-22-18(14)25)27-17-11(3)6-13(7-12(17)4)16-19(26)20-9-24(5)23-16/h6-8,10H,9H2,1-5H3,(H,20,26)(H,22,25). The first-order chi connectivity index (χ1) is 12.8. The Morgan fingerprint density at radius 1 is 1.15 bits per heavy atom. The number of nitrogens with one attached hydrogen (secondary N) is 2. The topological polar surface area (TPSA) is 99.7 Å². The summed E-state index contributed by atoms with van der Waals surface area (Å²) in [5.74, 6) is 0.816. The van der Waals surface area contributed by atoms with Gasteiger partial charge in [0.2, 0.25) is 5.88 Å². The molecule has 2 N–H and O–H groups in total. The van der Waals surface area contributed by atoms with Gasteiger partial charge in [0.15, 0.2) is 5.71 Å². The predicted octanol–water partition coefficient (Wildman–Crippen LogP) is 2.03. The van der Waals surface area contributed by atoms with E-state index in [2.05, 4.69) is 20.6 Å². The molecule has 0 saturated heterocycles. The van der Waals surface area contributed by atoms with E-state index in [-0.39, 0.29) is 17.4 Å². The number of hydrogen-bond donors (Lipinski definition) is 2. The Bertz CT molecular complexity index is 955. The molecule has 1 aliphatic heterocycles. The molecule has 0 aliphatic carbocycles. The fourth-order valence-electron chi connectivity index (χ4n) is 2.95. The van der Waals surface area contributed by atoms with E-state index in [9.17, 15) is 9.59 Å². The molecule has 8 nitrogen and oxygen atoms in total. The molecule has 2 heterocycles. The zero-order valence-corrected chi connectivity index (χ0v) is 16.1. The molecule has 0 fully saturated rings. The van der Waals surface area contributed by atoms with Gasteiger partial charge in [-0.1, -0.05) is 13.8 Å². The average Bonchev–Trinajstić information content (AvgIpc) is 2.61. The van der Waals surface area contributed by atoms with Crippen molar-refractivity contribution >= 4 is 11.6 Å². The summed E-state index contributed by atoms with van der Waals surface area (Å²) in [6.07, 6.45) is 0. The summed E-state index contributed by atoms with van der Waals surface area (Å²) in [5, 5.41) is 15.2. The maximum atomic E-state index is 12.1. The number of hydrazone groups is 1. The van der Waals surface area contributed by atoms with E-state index in [1.165, 1.54) is 0 Å². The number of nitrogens with zero attached hydrogens (tertiary/aromatic N) is 3. The van der Waals surface area contributed by atoms with Crippen molar-refractivity contribution in [3.8, 4) is 11.6 Å². The third kappa shape index (κ3) is 3.84. The Labute approximate surface area is 157 Å². The van der Waals surface area contributed by atoms with Gasteiger partial charge in [0.1, 0.15) is 12.4 Å². The van der Waals surface area contributed by atoms with Gasteiger partial charge in [-0.2, -0.15) is 5.10 Å². The van der Waals surface area contributed by atoms with Crippen molar-refractivity contribution in [3.63, 3.8) is 0 Å². The number of aromatic nitrogens is 2. The third-order valence-electron chi connectivity index (χ3n) is 4.33. The first-order valence-corrected chi connectivity index (χ1v) is 8.73. The molecule has 0 unspecified atom stereocenters. The minimum atomic E-state index is -0.216. The number of rotatable bonds is 4. The van der Waals surface area contributed by atoms with Crippen LogP contribution >= 0.6 is 0 Å². The molecule has 0 radical (unpaired) electrons. The van der Waals surface area contributed by atoms with Crippen LogP contribution in [-0.4, -0.2) is 40.5 Å². The number of ether oxygens (including phenoxy) is 1. The van der Waals surface area contributed by atoms with Crippen LogP contribution in [0, 0.1) is 13.8 Å². The Morgan fingerprint density at radius 3 is 2.44 bits per heavy atom. The highest BCUT2D eigenvalue weighted by molar-refractivity contribution is 6.45. The summed E-state index contributed by atoms with van der Waals surface area (Å²) in [7, 11) is 1.80. The normalized spacial score (nSPS) is 14.2. The fraction of sp³-hybridized carbons (Fsp3) is 0.368. The van der Waals surface area contributed by atoms with Crippen molar-refractivity contribution in [2.45, 2.75) is 33.6 Å². The van der Waals surface area contributed by atoms with Gasteiger partial charge in [0, 0.05) is 24.2 Å². The lowest BCUT2D eigenvalue weighted by Gasteiger charge is -2.22. The van der Waals surface area contributed by atoms with Crippen LogP contribution in [0.1, 0.15) is 42.0 Å². The molecule has 0 saturated carbocycles. The number of carbonyl (C=O) groups excluding carboxylic acids is 1. The number of aromatic amines is 1. The highest BCUT2D eigenvalue weighted by Gasteiger charge is 2.21. The molecule has 1 aromatic carbocycles. The number of aryl methyl sites for hydroxylation is 2. The summed E-state index contributed by atoms with van der Waals surface area (Å²) in [4.78, 5) is 24.0. The number of carbonyl (C=O) groups is 1. The zero-order chi connectivity index (χ0) is 19.7. The molecule has 27 heavy (non-hydrogen) atoms. The first-order valence-electron chi connectivity index (χ1n) is 8.73. The highest BCUT2D eigenvalue weighted by atomic mass is 16.5. The van der Waals surface area contributed by atoms with Crippen molar-refractivity contribution in [2.24, 2.45) is 5.10 Å². The van der Waals surface area contributed by atoms with Crippen molar-refractivity contribution in [1.82, 2.24) is 20.5 Å². The minimum absolute atomic E-state index is 0.0588. The Kier molecular flexibility index (Phi) is 4.98. The van der Waals surface area contributed by atoms with Crippen LogP contribution < -0.4 is 15.6 Å². The quantitative estimate of drug-likeness (QED) is 0.859. The maximum Gasteiger partial charge on any atom is 0.273 e. The van der Waals surface area contributed by atoms with E-state index in [1.54, 1.807) is 18.1 Å². The molecule has 142 valence electrons. The van der Waals surface area contributed by atoms with E-state index in [1.807, 2.05) is 39.8 Å². The van der Waals surface area contributed by atoms with E-state index < -0.39 is 0 Å². The number of H-pyrrole nitrogens is 1. The molecule has 8 heteroatoms. The smallest absolute Gasteiger partial charge is 0.273 e. The number of amides is 1. The van der Waals surface area contributed by atoms with Crippen LogP contribution in [0.15, 0.2) is 28.1 Å².